The smallest absolute Gasteiger partial charge is 0.243 e. The second kappa shape index (κ2) is 9.69. The first kappa shape index (κ1) is 21.7. The number of ether oxygens (including phenoxy) is 2. The van der Waals surface area contributed by atoms with Crippen molar-refractivity contribution in [2.75, 3.05) is 44.3 Å². The lowest BCUT2D eigenvalue weighted by atomic mass is 10.2. The number of piperazine rings is 1. The summed E-state index contributed by atoms with van der Waals surface area (Å²) in [6, 6.07) is 12.5. The van der Waals surface area contributed by atoms with E-state index in [1.807, 2.05) is 38.1 Å². The third-order valence-corrected chi connectivity index (χ3v) is 6.95. The molecule has 3 rings (SSSR count). The maximum absolute atomic E-state index is 13.1. The lowest BCUT2D eigenvalue weighted by Crippen LogP contribution is -2.48. The van der Waals surface area contributed by atoms with Crippen molar-refractivity contribution in [3.63, 3.8) is 0 Å². The van der Waals surface area contributed by atoms with Crippen LogP contribution >= 0.6 is 11.6 Å². The van der Waals surface area contributed by atoms with Gasteiger partial charge < -0.3 is 14.4 Å². The van der Waals surface area contributed by atoms with Crippen molar-refractivity contribution in [1.82, 2.24) is 4.31 Å². The van der Waals surface area contributed by atoms with Crippen molar-refractivity contribution >= 4 is 27.3 Å². The van der Waals surface area contributed by atoms with Crippen molar-refractivity contribution in [2.45, 2.75) is 25.2 Å². The Morgan fingerprint density at radius 3 is 2.38 bits per heavy atom. The zero-order chi connectivity index (χ0) is 20.9. The molecule has 0 aromatic heterocycles. The van der Waals surface area contributed by atoms with Crippen LogP contribution in [0.25, 0.3) is 0 Å². The molecule has 0 saturated carbocycles. The van der Waals surface area contributed by atoms with Gasteiger partial charge in [-0.2, -0.15) is 4.31 Å². The van der Waals surface area contributed by atoms with Gasteiger partial charge in [0.25, 0.3) is 0 Å². The van der Waals surface area contributed by atoms with E-state index >= 15 is 0 Å². The van der Waals surface area contributed by atoms with Crippen LogP contribution in [0.4, 0.5) is 5.69 Å². The molecular weight excluding hydrogens is 412 g/mol. The van der Waals surface area contributed by atoms with E-state index in [1.54, 1.807) is 6.07 Å². The van der Waals surface area contributed by atoms with Crippen LogP contribution in [-0.4, -0.2) is 52.1 Å². The molecule has 0 spiro atoms. The molecule has 2 aromatic rings. The zero-order valence-electron chi connectivity index (χ0n) is 16.8. The van der Waals surface area contributed by atoms with Crippen LogP contribution in [0.3, 0.4) is 0 Å². The van der Waals surface area contributed by atoms with Gasteiger partial charge in [0.15, 0.2) is 0 Å². The van der Waals surface area contributed by atoms with Crippen molar-refractivity contribution in [3.8, 4) is 11.5 Å². The Morgan fingerprint density at radius 1 is 0.966 bits per heavy atom. The Hall–Kier alpha value is -1.96. The molecule has 1 fully saturated rings. The highest BCUT2D eigenvalue weighted by atomic mass is 35.5. The molecule has 2 aromatic carbocycles. The number of para-hydroxylation sites is 2. The van der Waals surface area contributed by atoms with E-state index in [4.69, 9.17) is 21.1 Å². The molecule has 0 unspecified atom stereocenters. The number of nitrogens with zero attached hydrogens (tertiary/aromatic N) is 2. The van der Waals surface area contributed by atoms with Crippen LogP contribution in [0.15, 0.2) is 47.4 Å². The molecule has 8 heteroatoms. The van der Waals surface area contributed by atoms with E-state index in [0.29, 0.717) is 50.2 Å². The molecule has 0 N–H and O–H groups in total. The normalized spacial score (nSPS) is 15.3. The maximum Gasteiger partial charge on any atom is 0.243 e. The minimum absolute atomic E-state index is 0.205. The fourth-order valence-corrected chi connectivity index (χ4v) is 4.89. The number of sulfonamides is 1. The fourth-order valence-electron chi connectivity index (χ4n) is 3.28. The van der Waals surface area contributed by atoms with E-state index in [2.05, 4.69) is 4.90 Å². The largest absolute Gasteiger partial charge is 0.492 e. The van der Waals surface area contributed by atoms with Crippen molar-refractivity contribution in [1.29, 1.82) is 0 Å². The first-order valence-electron chi connectivity index (χ1n) is 9.86. The fraction of sp³-hybridized carbons (Fsp3) is 0.429. The van der Waals surface area contributed by atoms with Crippen molar-refractivity contribution < 1.29 is 17.9 Å². The number of anilines is 1. The Labute approximate surface area is 178 Å². The Kier molecular flexibility index (Phi) is 7.27. The van der Waals surface area contributed by atoms with Crippen LogP contribution in [0.2, 0.25) is 5.02 Å². The molecule has 29 heavy (non-hydrogen) atoms. The van der Waals surface area contributed by atoms with Crippen LogP contribution in [0.1, 0.15) is 20.3 Å². The number of rotatable bonds is 8. The number of halogens is 1. The Morgan fingerprint density at radius 2 is 1.69 bits per heavy atom. The predicted octanol–water partition coefficient (Wildman–Crippen LogP) is 4.04. The molecule has 1 aliphatic rings. The summed E-state index contributed by atoms with van der Waals surface area (Å²) in [4.78, 5) is 2.37. The zero-order valence-corrected chi connectivity index (χ0v) is 18.4. The molecule has 0 bridgehead atoms. The summed E-state index contributed by atoms with van der Waals surface area (Å²) in [5.41, 5.74) is 0.994. The summed E-state index contributed by atoms with van der Waals surface area (Å²) in [5.74, 6) is 1.22. The highest BCUT2D eigenvalue weighted by Crippen LogP contribution is 2.32. The highest BCUT2D eigenvalue weighted by molar-refractivity contribution is 7.89. The van der Waals surface area contributed by atoms with Gasteiger partial charge in [-0.15, -0.1) is 0 Å². The van der Waals surface area contributed by atoms with Gasteiger partial charge in [-0.3, -0.25) is 0 Å². The molecule has 6 nitrogen and oxygen atoms in total. The third-order valence-electron chi connectivity index (χ3n) is 4.75. The topological polar surface area (TPSA) is 59.1 Å². The first-order valence-corrected chi connectivity index (χ1v) is 11.7. The summed E-state index contributed by atoms with van der Waals surface area (Å²) in [6.45, 7) is 6.99. The SMILES string of the molecule is CCCOc1cc(S(=O)(=O)N2CCN(c3ccccc3OCC)CC2)ccc1Cl. The quantitative estimate of drug-likeness (QED) is 0.622. The predicted molar refractivity (Wildman–Crippen MR) is 116 cm³/mol. The minimum Gasteiger partial charge on any atom is -0.492 e. The second-order valence-electron chi connectivity index (χ2n) is 6.73. The van der Waals surface area contributed by atoms with Gasteiger partial charge in [-0.05, 0) is 37.6 Å². The molecule has 1 saturated heterocycles. The third kappa shape index (κ3) is 4.97. The average Bonchev–Trinajstić information content (AvgIpc) is 2.74. The number of hydrogen-bond acceptors (Lipinski definition) is 5. The highest BCUT2D eigenvalue weighted by Gasteiger charge is 2.30. The van der Waals surface area contributed by atoms with E-state index in [0.717, 1.165) is 17.9 Å². The van der Waals surface area contributed by atoms with Gasteiger partial charge >= 0.3 is 0 Å². The summed E-state index contributed by atoms with van der Waals surface area (Å²) in [7, 11) is -3.62. The van der Waals surface area contributed by atoms with Crippen LogP contribution in [-0.2, 0) is 10.0 Å². The Bertz CT molecular complexity index is 928. The first-order chi connectivity index (χ1) is 14.0. The van der Waals surface area contributed by atoms with Crippen molar-refractivity contribution in [3.05, 3.63) is 47.5 Å². The summed E-state index contributed by atoms with van der Waals surface area (Å²) in [5, 5.41) is 0.412. The van der Waals surface area contributed by atoms with E-state index in [-0.39, 0.29) is 4.90 Å². The average molecular weight is 439 g/mol. The maximum atomic E-state index is 13.1. The minimum atomic E-state index is -3.62. The van der Waals surface area contributed by atoms with Gasteiger partial charge in [0.2, 0.25) is 10.0 Å². The molecule has 158 valence electrons. The molecule has 1 aliphatic heterocycles. The van der Waals surface area contributed by atoms with E-state index in [1.165, 1.54) is 16.4 Å². The van der Waals surface area contributed by atoms with E-state index < -0.39 is 10.0 Å². The molecule has 0 amide bonds. The Balaban J connectivity index is 1.73. The molecule has 0 atom stereocenters. The van der Waals surface area contributed by atoms with Gasteiger partial charge in [0.1, 0.15) is 11.5 Å². The standard InChI is InChI=1S/C21H27ClN2O4S/c1-3-15-28-21-16-17(9-10-18(21)22)29(25,26)24-13-11-23(12-14-24)19-7-5-6-8-20(19)27-4-2/h5-10,16H,3-4,11-15H2,1-2H3. The number of hydrogen-bond donors (Lipinski definition) is 0. The molecule has 1 heterocycles. The number of benzene rings is 2. The van der Waals surface area contributed by atoms with E-state index in [9.17, 15) is 8.42 Å². The van der Waals surface area contributed by atoms with Gasteiger partial charge in [-0.25, -0.2) is 8.42 Å². The van der Waals surface area contributed by atoms with Crippen molar-refractivity contribution in [2.24, 2.45) is 0 Å². The van der Waals surface area contributed by atoms with Gasteiger partial charge in [0.05, 0.1) is 28.8 Å². The van der Waals surface area contributed by atoms with Gasteiger partial charge in [-0.1, -0.05) is 30.7 Å². The summed E-state index contributed by atoms with van der Waals surface area (Å²) < 4.78 is 39.0. The monoisotopic (exact) mass is 438 g/mol. The van der Waals surface area contributed by atoms with Crippen LogP contribution < -0.4 is 14.4 Å². The molecular formula is C21H27ClN2O4S. The summed E-state index contributed by atoms with van der Waals surface area (Å²) in [6.07, 6.45) is 0.818. The lowest BCUT2D eigenvalue weighted by Gasteiger charge is -2.36. The second-order valence-corrected chi connectivity index (χ2v) is 9.08. The van der Waals surface area contributed by atoms with Gasteiger partial charge in [0, 0.05) is 32.2 Å². The summed E-state index contributed by atoms with van der Waals surface area (Å²) >= 11 is 6.14. The van der Waals surface area contributed by atoms with Crippen LogP contribution in [0, 0.1) is 0 Å². The lowest BCUT2D eigenvalue weighted by molar-refractivity contribution is 0.316. The molecule has 0 radical (unpaired) electrons. The molecule has 0 aliphatic carbocycles. The van der Waals surface area contributed by atoms with Crippen LogP contribution in [0.5, 0.6) is 11.5 Å².